The van der Waals surface area contributed by atoms with Crippen molar-refractivity contribution < 1.29 is 0 Å². The fourth-order valence-electron chi connectivity index (χ4n) is 2.60. The Labute approximate surface area is 104 Å². The maximum atomic E-state index is 3.50. The number of halogens is 1. The lowest BCUT2D eigenvalue weighted by Gasteiger charge is -2.35. The van der Waals surface area contributed by atoms with Gasteiger partial charge in [0.15, 0.2) is 0 Å². The predicted molar refractivity (Wildman–Crippen MR) is 71.8 cm³/mol. The second-order valence-electron chi connectivity index (χ2n) is 4.72. The molecule has 0 saturated carbocycles. The Bertz CT molecular complexity index is 147. The summed E-state index contributed by atoms with van der Waals surface area (Å²) in [6.07, 6.45) is 11.2. The van der Waals surface area contributed by atoms with Crippen LogP contribution >= 0.6 is 15.9 Å². The molecule has 0 radical (unpaired) electrons. The third-order valence-electron chi connectivity index (χ3n) is 3.45. The van der Waals surface area contributed by atoms with E-state index in [0.717, 1.165) is 6.04 Å². The molecule has 1 atom stereocenters. The summed E-state index contributed by atoms with van der Waals surface area (Å²) < 4.78 is 0. The standard InChI is InChI=1S/C13H26BrN/c1-2-8-13-9-4-7-12-15(13)11-6-3-5-10-14/h13H,2-12H2,1H3. The first-order valence-corrected chi connectivity index (χ1v) is 7.80. The molecule has 15 heavy (non-hydrogen) atoms. The van der Waals surface area contributed by atoms with Crippen LogP contribution in [0.4, 0.5) is 0 Å². The Morgan fingerprint density at radius 2 is 2.07 bits per heavy atom. The molecule has 1 fully saturated rings. The van der Waals surface area contributed by atoms with Crippen LogP contribution in [0.3, 0.4) is 0 Å². The second kappa shape index (κ2) is 8.58. The zero-order valence-corrected chi connectivity index (χ0v) is 11.8. The monoisotopic (exact) mass is 275 g/mol. The topological polar surface area (TPSA) is 3.24 Å². The molecule has 1 nitrogen and oxygen atoms in total. The molecule has 1 saturated heterocycles. The summed E-state index contributed by atoms with van der Waals surface area (Å²) in [5, 5.41) is 1.17. The van der Waals surface area contributed by atoms with E-state index in [-0.39, 0.29) is 0 Å². The minimum Gasteiger partial charge on any atom is -0.300 e. The number of piperidine rings is 1. The van der Waals surface area contributed by atoms with Gasteiger partial charge in [-0.1, -0.05) is 42.1 Å². The summed E-state index contributed by atoms with van der Waals surface area (Å²) in [6.45, 7) is 5.02. The SMILES string of the molecule is CCCC1CCCCN1CCCCCBr. The van der Waals surface area contributed by atoms with Crippen molar-refractivity contribution in [2.45, 2.75) is 64.3 Å². The van der Waals surface area contributed by atoms with E-state index >= 15 is 0 Å². The number of unbranched alkanes of at least 4 members (excludes halogenated alkanes) is 2. The molecule has 1 heterocycles. The van der Waals surface area contributed by atoms with Crippen molar-refractivity contribution in [2.24, 2.45) is 0 Å². The lowest BCUT2D eigenvalue weighted by molar-refractivity contribution is 0.137. The van der Waals surface area contributed by atoms with E-state index < -0.39 is 0 Å². The molecule has 0 aromatic carbocycles. The first kappa shape index (κ1) is 13.5. The van der Waals surface area contributed by atoms with Gasteiger partial charge in [0.25, 0.3) is 0 Å². The lowest BCUT2D eigenvalue weighted by Crippen LogP contribution is -2.39. The molecular formula is C13H26BrN. The molecule has 90 valence electrons. The van der Waals surface area contributed by atoms with Crippen molar-refractivity contribution >= 4 is 15.9 Å². The molecule has 2 heteroatoms. The molecule has 0 bridgehead atoms. The second-order valence-corrected chi connectivity index (χ2v) is 5.52. The Balaban J connectivity index is 2.17. The normalized spacial score (nSPS) is 23.2. The Kier molecular flexibility index (Phi) is 7.72. The number of alkyl halides is 1. The van der Waals surface area contributed by atoms with Gasteiger partial charge < -0.3 is 4.90 Å². The van der Waals surface area contributed by atoms with Crippen molar-refractivity contribution in [1.82, 2.24) is 4.90 Å². The Morgan fingerprint density at radius 3 is 2.80 bits per heavy atom. The van der Waals surface area contributed by atoms with Crippen LogP contribution in [0.1, 0.15) is 58.3 Å². The van der Waals surface area contributed by atoms with Crippen LogP contribution in [0, 0.1) is 0 Å². The fourth-order valence-corrected chi connectivity index (χ4v) is 3.00. The van der Waals surface area contributed by atoms with E-state index in [2.05, 4.69) is 27.8 Å². The van der Waals surface area contributed by atoms with E-state index in [1.54, 1.807) is 0 Å². The highest BCUT2D eigenvalue weighted by atomic mass is 79.9. The molecule has 0 aliphatic carbocycles. The van der Waals surface area contributed by atoms with Crippen molar-refractivity contribution in [3.8, 4) is 0 Å². The van der Waals surface area contributed by atoms with Crippen molar-refractivity contribution in [1.29, 1.82) is 0 Å². The maximum Gasteiger partial charge on any atom is 0.00951 e. The summed E-state index contributed by atoms with van der Waals surface area (Å²) >= 11 is 3.50. The van der Waals surface area contributed by atoms with E-state index in [1.807, 2.05) is 0 Å². The third kappa shape index (κ3) is 5.35. The fraction of sp³-hybridized carbons (Fsp3) is 1.00. The molecule has 1 aliphatic rings. The van der Waals surface area contributed by atoms with Crippen LogP contribution < -0.4 is 0 Å². The first-order valence-electron chi connectivity index (χ1n) is 6.68. The zero-order chi connectivity index (χ0) is 10.9. The molecule has 0 amide bonds. The molecule has 0 aromatic heterocycles. The van der Waals surface area contributed by atoms with Gasteiger partial charge in [0, 0.05) is 11.4 Å². The molecule has 1 rings (SSSR count). The number of nitrogens with zero attached hydrogens (tertiary/aromatic N) is 1. The lowest BCUT2D eigenvalue weighted by atomic mass is 9.98. The van der Waals surface area contributed by atoms with Crippen LogP contribution in [0.2, 0.25) is 0 Å². The van der Waals surface area contributed by atoms with Crippen molar-refractivity contribution in [3.05, 3.63) is 0 Å². The highest BCUT2D eigenvalue weighted by molar-refractivity contribution is 9.09. The van der Waals surface area contributed by atoms with E-state index in [0.29, 0.717) is 0 Å². The summed E-state index contributed by atoms with van der Waals surface area (Å²) in [5.41, 5.74) is 0. The van der Waals surface area contributed by atoms with Gasteiger partial charge in [-0.2, -0.15) is 0 Å². The van der Waals surface area contributed by atoms with Gasteiger partial charge in [0.1, 0.15) is 0 Å². The summed E-state index contributed by atoms with van der Waals surface area (Å²) in [5.74, 6) is 0. The van der Waals surface area contributed by atoms with Crippen LogP contribution in [0.15, 0.2) is 0 Å². The van der Waals surface area contributed by atoms with Gasteiger partial charge in [-0.15, -0.1) is 0 Å². The smallest absolute Gasteiger partial charge is 0.00951 e. The number of hydrogen-bond acceptors (Lipinski definition) is 1. The minimum absolute atomic E-state index is 0.910. The quantitative estimate of drug-likeness (QED) is 0.497. The summed E-state index contributed by atoms with van der Waals surface area (Å²) in [7, 11) is 0. The maximum absolute atomic E-state index is 3.50. The molecule has 0 spiro atoms. The van der Waals surface area contributed by atoms with E-state index in [1.165, 1.54) is 69.8 Å². The molecule has 0 aromatic rings. The number of likely N-dealkylation sites (tertiary alicyclic amines) is 1. The molecule has 1 unspecified atom stereocenters. The minimum atomic E-state index is 0.910. The van der Waals surface area contributed by atoms with Gasteiger partial charge in [-0.05, 0) is 45.2 Å². The molecular weight excluding hydrogens is 250 g/mol. The van der Waals surface area contributed by atoms with Gasteiger partial charge in [-0.25, -0.2) is 0 Å². The average Bonchev–Trinajstić information content (AvgIpc) is 2.27. The molecule has 1 aliphatic heterocycles. The highest BCUT2D eigenvalue weighted by Crippen LogP contribution is 2.21. The van der Waals surface area contributed by atoms with Crippen molar-refractivity contribution in [2.75, 3.05) is 18.4 Å². The van der Waals surface area contributed by atoms with Crippen molar-refractivity contribution in [3.63, 3.8) is 0 Å². The average molecular weight is 276 g/mol. The largest absolute Gasteiger partial charge is 0.300 e. The van der Waals surface area contributed by atoms with Crippen LogP contribution in [0.5, 0.6) is 0 Å². The van der Waals surface area contributed by atoms with Gasteiger partial charge in [-0.3, -0.25) is 0 Å². The zero-order valence-electron chi connectivity index (χ0n) is 10.2. The predicted octanol–water partition coefficient (Wildman–Crippen LogP) is 4.21. The molecule has 0 N–H and O–H groups in total. The Hall–Kier alpha value is 0.440. The third-order valence-corrected chi connectivity index (χ3v) is 4.01. The van der Waals surface area contributed by atoms with E-state index in [4.69, 9.17) is 0 Å². The van der Waals surface area contributed by atoms with Gasteiger partial charge >= 0.3 is 0 Å². The number of hydrogen-bond donors (Lipinski definition) is 0. The number of rotatable bonds is 7. The van der Waals surface area contributed by atoms with Crippen LogP contribution in [-0.4, -0.2) is 29.4 Å². The van der Waals surface area contributed by atoms with Crippen LogP contribution in [-0.2, 0) is 0 Å². The Morgan fingerprint density at radius 1 is 1.20 bits per heavy atom. The van der Waals surface area contributed by atoms with Gasteiger partial charge in [0.05, 0.1) is 0 Å². The summed E-state index contributed by atoms with van der Waals surface area (Å²) in [4.78, 5) is 2.75. The van der Waals surface area contributed by atoms with Crippen LogP contribution in [0.25, 0.3) is 0 Å². The summed E-state index contributed by atoms with van der Waals surface area (Å²) in [6, 6.07) is 0.910. The highest BCUT2D eigenvalue weighted by Gasteiger charge is 2.20. The van der Waals surface area contributed by atoms with E-state index in [9.17, 15) is 0 Å². The van der Waals surface area contributed by atoms with Gasteiger partial charge in [0.2, 0.25) is 0 Å². The first-order chi connectivity index (χ1) is 7.38.